The zero-order valence-corrected chi connectivity index (χ0v) is 11.7. The number of hydroxylamine groups is 1. The van der Waals surface area contributed by atoms with Crippen LogP contribution in [0.15, 0.2) is 54.6 Å². The van der Waals surface area contributed by atoms with E-state index in [1.807, 2.05) is 37.3 Å². The summed E-state index contributed by atoms with van der Waals surface area (Å²) in [5, 5.41) is 23.1. The summed E-state index contributed by atoms with van der Waals surface area (Å²) >= 11 is 0. The van der Waals surface area contributed by atoms with Gasteiger partial charge in [0, 0.05) is 16.1 Å². The van der Waals surface area contributed by atoms with Crippen molar-refractivity contribution in [2.24, 2.45) is 0 Å². The van der Waals surface area contributed by atoms with E-state index in [2.05, 4.69) is 0 Å². The number of benzene rings is 2. The maximum absolute atomic E-state index is 12.3. The van der Waals surface area contributed by atoms with Gasteiger partial charge in [0.15, 0.2) is 6.21 Å². The van der Waals surface area contributed by atoms with Crippen LogP contribution < -0.4 is 0 Å². The van der Waals surface area contributed by atoms with Crippen molar-refractivity contribution in [2.45, 2.75) is 13.0 Å². The minimum Gasteiger partial charge on any atom is -0.623 e. The van der Waals surface area contributed by atoms with Gasteiger partial charge in [-0.25, -0.2) is 0 Å². The molecule has 2 aromatic carbocycles. The number of hydrogen-bond donors (Lipinski definition) is 0. The van der Waals surface area contributed by atoms with Gasteiger partial charge in [-0.2, -0.15) is 4.74 Å². The SMILES string of the molecule is Cc1ccc(/C=[N+](/[O-])C(C[N+](=O)[O-])c2ccccc2)cc1. The molecule has 21 heavy (non-hydrogen) atoms. The van der Waals surface area contributed by atoms with Crippen molar-refractivity contribution in [3.05, 3.63) is 86.6 Å². The van der Waals surface area contributed by atoms with Crippen LogP contribution in [0.25, 0.3) is 0 Å². The molecular weight excluding hydrogens is 268 g/mol. The molecule has 0 aliphatic heterocycles. The Morgan fingerprint density at radius 3 is 2.24 bits per heavy atom. The molecule has 0 bridgehead atoms. The van der Waals surface area contributed by atoms with Crippen LogP contribution in [0.4, 0.5) is 0 Å². The van der Waals surface area contributed by atoms with Crippen LogP contribution in [0, 0.1) is 22.2 Å². The first-order valence-corrected chi connectivity index (χ1v) is 6.60. The summed E-state index contributed by atoms with van der Waals surface area (Å²) in [5.74, 6) is 0. The lowest BCUT2D eigenvalue weighted by Crippen LogP contribution is -2.23. The van der Waals surface area contributed by atoms with Crippen molar-refractivity contribution in [2.75, 3.05) is 6.54 Å². The third-order valence-corrected chi connectivity index (χ3v) is 3.17. The van der Waals surface area contributed by atoms with Gasteiger partial charge < -0.3 is 5.21 Å². The smallest absolute Gasteiger partial charge is 0.269 e. The Kier molecular flexibility index (Phi) is 4.66. The second kappa shape index (κ2) is 6.65. The highest BCUT2D eigenvalue weighted by Crippen LogP contribution is 2.17. The highest BCUT2D eigenvalue weighted by molar-refractivity contribution is 5.75. The van der Waals surface area contributed by atoms with Gasteiger partial charge >= 0.3 is 0 Å². The zero-order chi connectivity index (χ0) is 15.2. The molecule has 0 spiro atoms. The van der Waals surface area contributed by atoms with E-state index in [9.17, 15) is 15.3 Å². The lowest BCUT2D eigenvalue weighted by atomic mass is 10.1. The molecule has 108 valence electrons. The minimum absolute atomic E-state index is 0.435. The number of nitro groups is 1. The summed E-state index contributed by atoms with van der Waals surface area (Å²) < 4.78 is 0.656. The average molecular weight is 284 g/mol. The van der Waals surface area contributed by atoms with Crippen LogP contribution in [0.2, 0.25) is 0 Å². The van der Waals surface area contributed by atoms with Gasteiger partial charge in [0.2, 0.25) is 0 Å². The Morgan fingerprint density at radius 2 is 1.67 bits per heavy atom. The monoisotopic (exact) mass is 284 g/mol. The van der Waals surface area contributed by atoms with E-state index in [1.54, 1.807) is 24.3 Å². The summed E-state index contributed by atoms with van der Waals surface area (Å²) in [4.78, 5) is 10.3. The Labute approximate surface area is 122 Å². The lowest BCUT2D eigenvalue weighted by molar-refractivity contribution is -0.579. The Balaban J connectivity index is 2.31. The van der Waals surface area contributed by atoms with Crippen molar-refractivity contribution in [1.29, 1.82) is 0 Å². The van der Waals surface area contributed by atoms with Crippen LogP contribution in [-0.4, -0.2) is 22.4 Å². The highest BCUT2D eigenvalue weighted by Gasteiger charge is 2.25. The molecule has 1 atom stereocenters. The first kappa shape index (κ1) is 14.7. The quantitative estimate of drug-likeness (QED) is 0.279. The second-order valence-corrected chi connectivity index (χ2v) is 4.84. The van der Waals surface area contributed by atoms with Crippen LogP contribution in [0.3, 0.4) is 0 Å². The van der Waals surface area contributed by atoms with Gasteiger partial charge in [0.25, 0.3) is 12.6 Å². The molecule has 0 N–H and O–H groups in total. The normalized spacial score (nSPS) is 12.9. The van der Waals surface area contributed by atoms with Crippen LogP contribution >= 0.6 is 0 Å². The third kappa shape index (κ3) is 4.14. The predicted octanol–water partition coefficient (Wildman–Crippen LogP) is 2.94. The van der Waals surface area contributed by atoms with Gasteiger partial charge in [-0.3, -0.25) is 10.1 Å². The first-order chi connectivity index (χ1) is 10.1. The van der Waals surface area contributed by atoms with E-state index in [0.29, 0.717) is 10.3 Å². The van der Waals surface area contributed by atoms with Crippen LogP contribution in [0.1, 0.15) is 22.7 Å². The number of nitrogens with zero attached hydrogens (tertiary/aromatic N) is 2. The molecule has 5 nitrogen and oxygen atoms in total. The highest BCUT2D eigenvalue weighted by atomic mass is 16.6. The molecule has 0 amide bonds. The van der Waals surface area contributed by atoms with Gasteiger partial charge in [-0.15, -0.1) is 0 Å². The Morgan fingerprint density at radius 1 is 1.05 bits per heavy atom. The maximum Gasteiger partial charge on any atom is 0.269 e. The number of aryl methyl sites for hydroxylation is 1. The lowest BCUT2D eigenvalue weighted by Gasteiger charge is -2.14. The minimum atomic E-state index is -0.831. The molecule has 0 aliphatic rings. The second-order valence-electron chi connectivity index (χ2n) is 4.84. The molecule has 2 rings (SSSR count). The van der Waals surface area contributed by atoms with Crippen molar-refractivity contribution >= 4 is 6.21 Å². The molecule has 2 aromatic rings. The molecule has 0 radical (unpaired) electrons. The first-order valence-electron chi connectivity index (χ1n) is 6.60. The molecule has 0 aromatic heterocycles. The topological polar surface area (TPSA) is 69.2 Å². The zero-order valence-electron chi connectivity index (χ0n) is 11.7. The van der Waals surface area contributed by atoms with E-state index in [-0.39, 0.29) is 0 Å². The molecular formula is C16H16N2O3. The Hall–Kier alpha value is -2.69. The fourth-order valence-electron chi connectivity index (χ4n) is 2.04. The molecule has 0 aliphatic carbocycles. The van der Waals surface area contributed by atoms with Crippen molar-refractivity contribution in [1.82, 2.24) is 0 Å². The maximum atomic E-state index is 12.3. The van der Waals surface area contributed by atoms with Gasteiger partial charge in [-0.1, -0.05) is 48.0 Å². The van der Waals surface area contributed by atoms with Gasteiger partial charge in [-0.05, 0) is 19.1 Å². The summed E-state index contributed by atoms with van der Waals surface area (Å²) in [6.07, 6.45) is 1.39. The standard InChI is InChI=1S/C16H16N2O3/c1-13-7-9-14(10-8-13)11-17(19)16(12-18(20)21)15-5-3-2-4-6-15/h2-11,16H,12H2,1H3/b17-11+. The van der Waals surface area contributed by atoms with E-state index in [4.69, 9.17) is 0 Å². The van der Waals surface area contributed by atoms with E-state index in [0.717, 1.165) is 11.1 Å². The van der Waals surface area contributed by atoms with Crippen molar-refractivity contribution < 1.29 is 9.66 Å². The Bertz CT molecular complexity index is 636. The van der Waals surface area contributed by atoms with E-state index in [1.165, 1.54) is 6.21 Å². The van der Waals surface area contributed by atoms with E-state index >= 15 is 0 Å². The van der Waals surface area contributed by atoms with Gasteiger partial charge in [0.1, 0.15) is 0 Å². The number of hydrogen-bond acceptors (Lipinski definition) is 3. The van der Waals surface area contributed by atoms with Crippen LogP contribution in [0.5, 0.6) is 0 Å². The molecule has 0 fully saturated rings. The molecule has 0 saturated heterocycles. The predicted molar refractivity (Wildman–Crippen MR) is 81.0 cm³/mol. The largest absolute Gasteiger partial charge is 0.623 e. The molecule has 0 saturated carbocycles. The summed E-state index contributed by atoms with van der Waals surface area (Å²) in [5.41, 5.74) is 2.45. The molecule has 1 unspecified atom stereocenters. The van der Waals surface area contributed by atoms with Crippen LogP contribution in [-0.2, 0) is 0 Å². The fourth-order valence-corrected chi connectivity index (χ4v) is 2.04. The summed E-state index contributed by atoms with van der Waals surface area (Å²) in [7, 11) is 0. The summed E-state index contributed by atoms with van der Waals surface area (Å²) in [6, 6.07) is 15.4. The van der Waals surface area contributed by atoms with Crippen molar-refractivity contribution in [3.8, 4) is 0 Å². The molecule has 0 heterocycles. The third-order valence-electron chi connectivity index (χ3n) is 3.17. The fraction of sp³-hybridized carbons (Fsp3) is 0.188. The van der Waals surface area contributed by atoms with E-state index < -0.39 is 17.5 Å². The average Bonchev–Trinajstić information content (AvgIpc) is 2.48. The summed E-state index contributed by atoms with van der Waals surface area (Å²) in [6.45, 7) is 1.52. The molecule has 5 heteroatoms. The van der Waals surface area contributed by atoms with Gasteiger partial charge in [0.05, 0.1) is 0 Å². The van der Waals surface area contributed by atoms with Crippen molar-refractivity contribution in [3.63, 3.8) is 0 Å². The number of rotatable bonds is 5.